The molecule has 0 saturated heterocycles. The highest BCUT2D eigenvalue weighted by molar-refractivity contribution is 5.49. The van der Waals surface area contributed by atoms with Crippen LogP contribution in [0.25, 0.3) is 0 Å². The van der Waals surface area contributed by atoms with Gasteiger partial charge in [-0.3, -0.25) is 0 Å². The lowest BCUT2D eigenvalue weighted by Crippen LogP contribution is -2.19. The molecule has 1 aromatic heterocycles. The molecule has 4 heteroatoms. The van der Waals surface area contributed by atoms with Gasteiger partial charge < -0.3 is 10.1 Å². The molecule has 1 aromatic rings. The standard InChI is InChI=1S/C16H27N3O/c1-6-9-17-13-11(2)14(20-10-12-7-8-12)19-15(18-13)16(3,4)5/h12H,6-10H2,1-5H3,(H,17,18,19). The first-order chi connectivity index (χ1) is 9.41. The Balaban J connectivity index is 2.26. The molecule has 0 bridgehead atoms. The lowest BCUT2D eigenvalue weighted by Gasteiger charge is -2.21. The van der Waals surface area contributed by atoms with Gasteiger partial charge in [-0.25, -0.2) is 4.98 Å². The summed E-state index contributed by atoms with van der Waals surface area (Å²) in [7, 11) is 0. The van der Waals surface area contributed by atoms with Crippen molar-refractivity contribution in [3.63, 3.8) is 0 Å². The normalized spacial score (nSPS) is 15.2. The van der Waals surface area contributed by atoms with Crippen LogP contribution in [0.2, 0.25) is 0 Å². The second-order valence-corrected chi connectivity index (χ2v) is 6.76. The van der Waals surface area contributed by atoms with E-state index in [-0.39, 0.29) is 5.41 Å². The molecule has 1 aliphatic carbocycles. The highest BCUT2D eigenvalue weighted by Gasteiger charge is 2.25. The second kappa shape index (κ2) is 5.98. The van der Waals surface area contributed by atoms with Crippen molar-refractivity contribution in [2.45, 2.75) is 59.3 Å². The Kier molecular flexibility index (Phi) is 4.51. The lowest BCUT2D eigenvalue weighted by atomic mass is 9.95. The van der Waals surface area contributed by atoms with Gasteiger partial charge in [-0.05, 0) is 32.1 Å². The Hall–Kier alpha value is -1.32. The molecule has 2 rings (SSSR count). The number of rotatable bonds is 6. The molecule has 4 nitrogen and oxygen atoms in total. The zero-order valence-electron chi connectivity index (χ0n) is 13.4. The average Bonchev–Trinajstić information content (AvgIpc) is 3.18. The molecular weight excluding hydrogens is 250 g/mol. The number of hydrogen-bond donors (Lipinski definition) is 1. The quantitative estimate of drug-likeness (QED) is 0.861. The molecule has 0 atom stereocenters. The van der Waals surface area contributed by atoms with Crippen LogP contribution < -0.4 is 10.1 Å². The van der Waals surface area contributed by atoms with E-state index < -0.39 is 0 Å². The maximum absolute atomic E-state index is 5.93. The molecule has 0 spiro atoms. The van der Waals surface area contributed by atoms with Crippen LogP contribution in [-0.4, -0.2) is 23.1 Å². The molecule has 0 unspecified atom stereocenters. The van der Waals surface area contributed by atoms with Crippen LogP contribution in [-0.2, 0) is 5.41 Å². The van der Waals surface area contributed by atoms with E-state index >= 15 is 0 Å². The van der Waals surface area contributed by atoms with Crippen LogP contribution in [0.3, 0.4) is 0 Å². The third kappa shape index (κ3) is 3.84. The molecule has 1 saturated carbocycles. The summed E-state index contributed by atoms with van der Waals surface area (Å²) in [6.07, 6.45) is 3.65. The maximum atomic E-state index is 5.93. The summed E-state index contributed by atoms with van der Waals surface area (Å²) < 4.78 is 5.93. The third-order valence-corrected chi connectivity index (χ3v) is 3.47. The van der Waals surface area contributed by atoms with Gasteiger partial charge in [-0.2, -0.15) is 4.98 Å². The molecule has 0 amide bonds. The smallest absolute Gasteiger partial charge is 0.221 e. The van der Waals surface area contributed by atoms with E-state index in [1.165, 1.54) is 12.8 Å². The van der Waals surface area contributed by atoms with Gasteiger partial charge in [0.1, 0.15) is 11.6 Å². The summed E-state index contributed by atoms with van der Waals surface area (Å²) in [5, 5.41) is 3.39. The Morgan fingerprint density at radius 2 is 1.95 bits per heavy atom. The average molecular weight is 277 g/mol. The van der Waals surface area contributed by atoms with Gasteiger partial charge in [0.2, 0.25) is 5.88 Å². The van der Waals surface area contributed by atoms with Crippen LogP contribution in [0.15, 0.2) is 0 Å². The summed E-state index contributed by atoms with van der Waals surface area (Å²) in [4.78, 5) is 9.32. The minimum Gasteiger partial charge on any atom is -0.477 e. The van der Waals surface area contributed by atoms with Crippen molar-refractivity contribution in [3.05, 3.63) is 11.4 Å². The van der Waals surface area contributed by atoms with Gasteiger partial charge in [0, 0.05) is 12.0 Å². The van der Waals surface area contributed by atoms with E-state index in [0.717, 1.165) is 48.6 Å². The van der Waals surface area contributed by atoms with Crippen molar-refractivity contribution >= 4 is 5.82 Å². The molecule has 1 heterocycles. The van der Waals surface area contributed by atoms with Gasteiger partial charge in [0.05, 0.1) is 12.2 Å². The van der Waals surface area contributed by atoms with Crippen LogP contribution in [0.5, 0.6) is 5.88 Å². The zero-order valence-corrected chi connectivity index (χ0v) is 13.4. The summed E-state index contributed by atoms with van der Waals surface area (Å²) in [6.45, 7) is 12.3. The highest BCUT2D eigenvalue weighted by atomic mass is 16.5. The molecule has 0 radical (unpaired) electrons. The fourth-order valence-corrected chi connectivity index (χ4v) is 1.87. The summed E-state index contributed by atoms with van der Waals surface area (Å²) in [5.74, 6) is 3.23. The maximum Gasteiger partial charge on any atom is 0.221 e. The predicted octanol–water partition coefficient (Wildman–Crippen LogP) is 3.69. The molecule has 112 valence electrons. The first kappa shape index (κ1) is 15.1. The molecule has 0 aliphatic heterocycles. The Bertz CT molecular complexity index is 462. The van der Waals surface area contributed by atoms with E-state index in [0.29, 0.717) is 0 Å². The Morgan fingerprint density at radius 3 is 2.50 bits per heavy atom. The fraction of sp³-hybridized carbons (Fsp3) is 0.750. The van der Waals surface area contributed by atoms with Gasteiger partial charge in [0.15, 0.2) is 0 Å². The second-order valence-electron chi connectivity index (χ2n) is 6.76. The fourth-order valence-electron chi connectivity index (χ4n) is 1.87. The van der Waals surface area contributed by atoms with Crippen LogP contribution in [0.1, 0.15) is 58.3 Å². The largest absolute Gasteiger partial charge is 0.477 e. The SMILES string of the molecule is CCCNc1nc(C(C)(C)C)nc(OCC2CC2)c1C. The van der Waals surface area contributed by atoms with Crippen molar-refractivity contribution in [3.8, 4) is 5.88 Å². The predicted molar refractivity (Wildman–Crippen MR) is 82.5 cm³/mol. The Labute approximate surface area is 122 Å². The highest BCUT2D eigenvalue weighted by Crippen LogP contribution is 2.32. The van der Waals surface area contributed by atoms with Gasteiger partial charge in [-0.1, -0.05) is 27.7 Å². The number of anilines is 1. The van der Waals surface area contributed by atoms with E-state index in [1.807, 2.05) is 6.92 Å². The van der Waals surface area contributed by atoms with Crippen LogP contribution in [0.4, 0.5) is 5.82 Å². The van der Waals surface area contributed by atoms with Crippen molar-refractivity contribution in [1.82, 2.24) is 9.97 Å². The zero-order chi connectivity index (χ0) is 14.8. The van der Waals surface area contributed by atoms with Crippen molar-refractivity contribution in [1.29, 1.82) is 0 Å². The number of ether oxygens (including phenoxy) is 1. The van der Waals surface area contributed by atoms with Gasteiger partial charge >= 0.3 is 0 Å². The van der Waals surface area contributed by atoms with E-state index in [1.54, 1.807) is 0 Å². The van der Waals surface area contributed by atoms with Crippen LogP contribution >= 0.6 is 0 Å². The molecule has 1 fully saturated rings. The monoisotopic (exact) mass is 277 g/mol. The minimum absolute atomic E-state index is 0.0754. The summed E-state index contributed by atoms with van der Waals surface area (Å²) >= 11 is 0. The molecule has 1 N–H and O–H groups in total. The summed E-state index contributed by atoms with van der Waals surface area (Å²) in [6, 6.07) is 0. The van der Waals surface area contributed by atoms with Crippen molar-refractivity contribution in [2.75, 3.05) is 18.5 Å². The van der Waals surface area contributed by atoms with Crippen molar-refractivity contribution < 1.29 is 4.74 Å². The van der Waals surface area contributed by atoms with Crippen molar-refractivity contribution in [2.24, 2.45) is 5.92 Å². The summed E-state index contributed by atoms with van der Waals surface area (Å²) in [5.41, 5.74) is 0.945. The number of aromatic nitrogens is 2. The van der Waals surface area contributed by atoms with Gasteiger partial charge in [-0.15, -0.1) is 0 Å². The van der Waals surface area contributed by atoms with E-state index in [2.05, 4.69) is 43.0 Å². The third-order valence-electron chi connectivity index (χ3n) is 3.47. The number of nitrogens with one attached hydrogen (secondary N) is 1. The van der Waals surface area contributed by atoms with E-state index in [9.17, 15) is 0 Å². The first-order valence-electron chi connectivity index (χ1n) is 7.67. The molecular formula is C16H27N3O. The number of hydrogen-bond acceptors (Lipinski definition) is 4. The topological polar surface area (TPSA) is 47.0 Å². The van der Waals surface area contributed by atoms with Gasteiger partial charge in [0.25, 0.3) is 0 Å². The molecule has 0 aromatic carbocycles. The van der Waals surface area contributed by atoms with E-state index in [4.69, 9.17) is 4.74 Å². The lowest BCUT2D eigenvalue weighted by molar-refractivity contribution is 0.283. The molecule has 1 aliphatic rings. The first-order valence-corrected chi connectivity index (χ1v) is 7.67. The number of nitrogens with zero attached hydrogens (tertiary/aromatic N) is 2. The molecule has 20 heavy (non-hydrogen) atoms. The van der Waals surface area contributed by atoms with Crippen LogP contribution in [0, 0.1) is 12.8 Å². The Morgan fingerprint density at radius 1 is 1.25 bits per heavy atom. The minimum atomic E-state index is -0.0754.